The van der Waals surface area contributed by atoms with Gasteiger partial charge in [-0.25, -0.2) is 9.78 Å². The summed E-state index contributed by atoms with van der Waals surface area (Å²) in [5.41, 5.74) is 3.93. The fourth-order valence-electron chi connectivity index (χ4n) is 3.68. The highest BCUT2D eigenvalue weighted by Gasteiger charge is 2.22. The second-order valence-corrected chi connectivity index (χ2v) is 8.30. The molecule has 8 heteroatoms. The van der Waals surface area contributed by atoms with Crippen LogP contribution in [-0.4, -0.2) is 52.2 Å². The van der Waals surface area contributed by atoms with Crippen molar-refractivity contribution in [1.29, 1.82) is 0 Å². The van der Waals surface area contributed by atoms with Gasteiger partial charge in [-0.15, -0.1) is 0 Å². The van der Waals surface area contributed by atoms with Gasteiger partial charge in [0.2, 0.25) is 11.7 Å². The molecule has 8 nitrogen and oxygen atoms in total. The number of aromatic nitrogens is 3. The number of nitrogens with one attached hydrogen (secondary N) is 1. The molecule has 3 aromatic rings. The van der Waals surface area contributed by atoms with E-state index in [1.807, 2.05) is 56.9 Å². The van der Waals surface area contributed by atoms with E-state index < -0.39 is 0 Å². The van der Waals surface area contributed by atoms with Gasteiger partial charge in [-0.05, 0) is 49.2 Å². The highest BCUT2D eigenvalue weighted by Crippen LogP contribution is 2.22. The summed E-state index contributed by atoms with van der Waals surface area (Å²) < 4.78 is 5.27. The quantitative estimate of drug-likeness (QED) is 0.680. The van der Waals surface area contributed by atoms with Crippen molar-refractivity contribution in [2.24, 2.45) is 0 Å². The number of nitrogens with zero attached hydrogens (tertiary/aromatic N) is 5. The largest absolute Gasteiger partial charge is 0.353 e. The highest BCUT2D eigenvalue weighted by atomic mass is 16.5. The van der Waals surface area contributed by atoms with Crippen molar-refractivity contribution in [2.45, 2.75) is 33.6 Å². The number of benzene rings is 1. The second kappa shape index (κ2) is 8.75. The molecule has 0 spiro atoms. The summed E-state index contributed by atoms with van der Waals surface area (Å²) in [6, 6.07) is 9.92. The van der Waals surface area contributed by atoms with Gasteiger partial charge >= 0.3 is 6.03 Å². The molecule has 2 aromatic heterocycles. The molecule has 1 N–H and O–H groups in total. The van der Waals surface area contributed by atoms with E-state index in [2.05, 4.69) is 31.4 Å². The van der Waals surface area contributed by atoms with Crippen molar-refractivity contribution in [1.82, 2.24) is 20.0 Å². The minimum absolute atomic E-state index is 0.0639. The molecule has 0 bridgehead atoms. The fraction of sp³-hybridized carbons (Fsp3) is 0.391. The number of amides is 2. The summed E-state index contributed by atoms with van der Waals surface area (Å²) in [7, 11) is 0. The van der Waals surface area contributed by atoms with E-state index in [9.17, 15) is 4.79 Å². The van der Waals surface area contributed by atoms with Crippen molar-refractivity contribution < 1.29 is 9.32 Å². The first kappa shape index (κ1) is 20.8. The molecule has 4 rings (SSSR count). The average molecular weight is 421 g/mol. The summed E-state index contributed by atoms with van der Waals surface area (Å²) >= 11 is 0. The van der Waals surface area contributed by atoms with Crippen LogP contribution in [0.15, 0.2) is 41.1 Å². The van der Waals surface area contributed by atoms with Crippen LogP contribution in [0.25, 0.3) is 11.4 Å². The Bertz CT molecular complexity index is 1030. The topological polar surface area (TPSA) is 87.4 Å². The van der Waals surface area contributed by atoms with Gasteiger partial charge in [0.25, 0.3) is 0 Å². The zero-order valence-corrected chi connectivity index (χ0v) is 18.4. The molecule has 3 heterocycles. The van der Waals surface area contributed by atoms with Crippen molar-refractivity contribution in [2.75, 3.05) is 36.4 Å². The Morgan fingerprint density at radius 2 is 1.77 bits per heavy atom. The van der Waals surface area contributed by atoms with Crippen LogP contribution in [0.2, 0.25) is 0 Å². The number of piperazine rings is 1. The number of anilines is 2. The molecule has 1 saturated heterocycles. The molecule has 1 aromatic carbocycles. The van der Waals surface area contributed by atoms with Crippen LogP contribution in [0, 0.1) is 13.8 Å². The number of aryl methyl sites for hydroxylation is 2. The number of urea groups is 1. The molecular weight excluding hydrogens is 392 g/mol. The number of hydrogen-bond donors (Lipinski definition) is 1. The van der Waals surface area contributed by atoms with E-state index in [1.165, 1.54) is 0 Å². The maximum absolute atomic E-state index is 12.6. The Morgan fingerprint density at radius 1 is 1.06 bits per heavy atom. The zero-order chi connectivity index (χ0) is 22.0. The summed E-state index contributed by atoms with van der Waals surface area (Å²) in [5, 5.41) is 7.05. The van der Waals surface area contributed by atoms with Crippen LogP contribution in [-0.2, 0) is 0 Å². The van der Waals surface area contributed by atoms with Crippen LogP contribution < -0.4 is 10.2 Å². The third-order valence-electron chi connectivity index (χ3n) is 5.31. The van der Waals surface area contributed by atoms with E-state index in [-0.39, 0.29) is 11.9 Å². The van der Waals surface area contributed by atoms with Crippen LogP contribution in [0.4, 0.5) is 16.3 Å². The lowest BCUT2D eigenvalue weighted by atomic mass is 10.1. The lowest BCUT2D eigenvalue weighted by Crippen LogP contribution is -2.50. The van der Waals surface area contributed by atoms with E-state index in [0.29, 0.717) is 24.8 Å². The summed E-state index contributed by atoms with van der Waals surface area (Å²) in [6.45, 7) is 10.8. The van der Waals surface area contributed by atoms with Gasteiger partial charge in [-0.3, -0.25) is 0 Å². The maximum Gasteiger partial charge on any atom is 0.321 e. The standard InChI is InChI=1S/C23H28N6O2/c1-15(2)22-26-21(27-31-22)18-5-6-20(24-14-18)28-7-9-29(10-8-28)23(30)25-19-12-16(3)11-17(4)13-19/h5-6,11-15H,7-10H2,1-4H3,(H,25,30). The van der Waals surface area contributed by atoms with Crippen LogP contribution in [0.1, 0.15) is 36.8 Å². The molecule has 0 atom stereocenters. The average Bonchev–Trinajstić information content (AvgIpc) is 3.24. The number of pyridine rings is 1. The Kier molecular flexibility index (Phi) is 5.88. The number of hydrogen-bond acceptors (Lipinski definition) is 6. The lowest BCUT2D eigenvalue weighted by molar-refractivity contribution is 0.208. The highest BCUT2D eigenvalue weighted by molar-refractivity contribution is 5.89. The molecule has 31 heavy (non-hydrogen) atoms. The molecule has 0 saturated carbocycles. The minimum atomic E-state index is -0.0639. The summed E-state index contributed by atoms with van der Waals surface area (Å²) in [6.07, 6.45) is 1.77. The predicted octanol–water partition coefficient (Wildman–Crippen LogP) is 4.23. The van der Waals surface area contributed by atoms with Crippen molar-refractivity contribution in [3.63, 3.8) is 0 Å². The van der Waals surface area contributed by atoms with Crippen molar-refractivity contribution in [3.8, 4) is 11.4 Å². The molecular formula is C23H28N6O2. The van der Waals surface area contributed by atoms with Crippen molar-refractivity contribution >= 4 is 17.5 Å². The Hall–Kier alpha value is -3.42. The maximum atomic E-state index is 12.6. The third-order valence-corrected chi connectivity index (χ3v) is 5.31. The van der Waals surface area contributed by atoms with Gasteiger partial charge in [-0.1, -0.05) is 25.1 Å². The van der Waals surface area contributed by atoms with E-state index in [1.54, 1.807) is 6.20 Å². The number of carbonyl (C=O) groups is 1. The summed E-state index contributed by atoms with van der Waals surface area (Å²) in [4.78, 5) is 25.7. The van der Waals surface area contributed by atoms with Crippen LogP contribution in [0.5, 0.6) is 0 Å². The van der Waals surface area contributed by atoms with E-state index >= 15 is 0 Å². The predicted molar refractivity (Wildman–Crippen MR) is 120 cm³/mol. The van der Waals surface area contributed by atoms with E-state index in [4.69, 9.17) is 4.52 Å². The fourth-order valence-corrected chi connectivity index (χ4v) is 3.68. The SMILES string of the molecule is Cc1cc(C)cc(NC(=O)N2CCN(c3ccc(-c4noc(C(C)C)n4)cn3)CC2)c1. The molecule has 2 amide bonds. The van der Waals surface area contributed by atoms with Gasteiger partial charge in [0, 0.05) is 49.5 Å². The van der Waals surface area contributed by atoms with Crippen LogP contribution >= 0.6 is 0 Å². The van der Waals surface area contributed by atoms with E-state index in [0.717, 1.165) is 41.3 Å². The summed E-state index contributed by atoms with van der Waals surface area (Å²) in [5.74, 6) is 2.24. The van der Waals surface area contributed by atoms with Gasteiger partial charge in [0.1, 0.15) is 5.82 Å². The minimum Gasteiger partial charge on any atom is -0.353 e. The third kappa shape index (κ3) is 4.84. The first-order valence-electron chi connectivity index (χ1n) is 10.6. The monoisotopic (exact) mass is 420 g/mol. The Balaban J connectivity index is 1.34. The number of carbonyl (C=O) groups excluding carboxylic acids is 1. The molecule has 0 radical (unpaired) electrons. The normalized spacial score (nSPS) is 14.2. The molecule has 0 aliphatic carbocycles. The Morgan fingerprint density at radius 3 is 2.35 bits per heavy atom. The molecule has 1 aliphatic rings. The van der Waals surface area contributed by atoms with Gasteiger partial charge in [-0.2, -0.15) is 4.98 Å². The van der Waals surface area contributed by atoms with Gasteiger partial charge in [0.15, 0.2) is 0 Å². The molecule has 1 fully saturated rings. The van der Waals surface area contributed by atoms with Crippen molar-refractivity contribution in [3.05, 3.63) is 53.5 Å². The van der Waals surface area contributed by atoms with Crippen LogP contribution in [0.3, 0.4) is 0 Å². The lowest BCUT2D eigenvalue weighted by Gasteiger charge is -2.35. The molecule has 0 unspecified atom stereocenters. The smallest absolute Gasteiger partial charge is 0.321 e. The Labute approximate surface area is 182 Å². The second-order valence-electron chi connectivity index (χ2n) is 8.30. The first-order valence-corrected chi connectivity index (χ1v) is 10.6. The van der Waals surface area contributed by atoms with Gasteiger partial charge in [0.05, 0.1) is 0 Å². The molecule has 1 aliphatic heterocycles. The van der Waals surface area contributed by atoms with Gasteiger partial charge < -0.3 is 19.6 Å². The first-order chi connectivity index (χ1) is 14.9. The zero-order valence-electron chi connectivity index (χ0n) is 18.4. The molecule has 162 valence electrons. The number of rotatable bonds is 4.